The van der Waals surface area contributed by atoms with Crippen molar-refractivity contribution in [1.29, 1.82) is 0 Å². The van der Waals surface area contributed by atoms with Crippen LogP contribution in [0.2, 0.25) is 0 Å². The highest BCUT2D eigenvalue weighted by atomic mass is 14.4. The molecular weight excluding hydrogens is 180 g/mol. The van der Waals surface area contributed by atoms with Crippen LogP contribution in [0, 0.1) is 23.7 Å². The lowest BCUT2D eigenvalue weighted by Crippen LogP contribution is -2.30. The van der Waals surface area contributed by atoms with Crippen LogP contribution in [-0.2, 0) is 0 Å². The Morgan fingerprint density at radius 2 is 1.73 bits per heavy atom. The van der Waals surface area contributed by atoms with E-state index >= 15 is 0 Å². The Kier molecular flexibility index (Phi) is 4.11. The van der Waals surface area contributed by atoms with Crippen molar-refractivity contribution in [3.05, 3.63) is 5.92 Å². The van der Waals surface area contributed by atoms with Gasteiger partial charge in [-0.2, -0.15) is 0 Å². The van der Waals surface area contributed by atoms with E-state index in [1.807, 2.05) is 5.92 Å². The third-order valence-corrected chi connectivity index (χ3v) is 4.87. The zero-order valence-electron chi connectivity index (χ0n) is 10.6. The molecule has 15 heavy (non-hydrogen) atoms. The van der Waals surface area contributed by atoms with E-state index in [0.717, 1.165) is 17.8 Å². The van der Waals surface area contributed by atoms with E-state index < -0.39 is 0 Å². The molecule has 1 radical (unpaired) electrons. The Hall–Kier alpha value is 0. The molecule has 2 rings (SSSR count). The third-order valence-electron chi connectivity index (χ3n) is 4.87. The molecule has 0 spiro atoms. The fourth-order valence-electron chi connectivity index (χ4n) is 3.93. The molecule has 0 aromatic carbocycles. The Bertz CT molecular complexity index is 184. The molecule has 2 aliphatic carbocycles. The maximum atomic E-state index is 2.50. The van der Waals surface area contributed by atoms with E-state index in [1.54, 1.807) is 0 Å². The maximum Gasteiger partial charge on any atom is -0.0177 e. The molecular formula is C15H27. The molecule has 0 heteroatoms. The molecule has 2 fully saturated rings. The molecule has 3 atom stereocenters. The first-order valence-electron chi connectivity index (χ1n) is 7.18. The van der Waals surface area contributed by atoms with E-state index in [4.69, 9.17) is 0 Å². The molecule has 0 amide bonds. The highest BCUT2D eigenvalue weighted by Gasteiger charge is 2.35. The summed E-state index contributed by atoms with van der Waals surface area (Å²) in [7, 11) is 0. The smallest absolute Gasteiger partial charge is 0.0177 e. The fourth-order valence-corrected chi connectivity index (χ4v) is 3.93. The van der Waals surface area contributed by atoms with Crippen molar-refractivity contribution in [3.63, 3.8) is 0 Å². The summed E-state index contributed by atoms with van der Waals surface area (Å²) in [6.45, 7) is 4.89. The Labute approximate surface area is 95.8 Å². The van der Waals surface area contributed by atoms with Crippen LogP contribution in [0.15, 0.2) is 0 Å². The van der Waals surface area contributed by atoms with Crippen molar-refractivity contribution in [2.75, 3.05) is 0 Å². The predicted molar refractivity (Wildman–Crippen MR) is 66.6 cm³/mol. The van der Waals surface area contributed by atoms with Crippen molar-refractivity contribution in [2.24, 2.45) is 17.8 Å². The van der Waals surface area contributed by atoms with Gasteiger partial charge in [0.15, 0.2) is 0 Å². The summed E-state index contributed by atoms with van der Waals surface area (Å²) in [6, 6.07) is 0. The molecule has 0 heterocycles. The van der Waals surface area contributed by atoms with Gasteiger partial charge in [-0.05, 0) is 42.9 Å². The van der Waals surface area contributed by atoms with Crippen molar-refractivity contribution < 1.29 is 0 Å². The van der Waals surface area contributed by atoms with Crippen molar-refractivity contribution in [1.82, 2.24) is 0 Å². The van der Waals surface area contributed by atoms with Gasteiger partial charge in [-0.3, -0.25) is 0 Å². The standard InChI is InChI=1S/C15H27/c1-3-13-9-5-7-11-15(13)14-10-6-4-8-12(14)2/h12-14H,3-11H2,1-2H3. The van der Waals surface area contributed by atoms with Gasteiger partial charge in [-0.15, -0.1) is 0 Å². The van der Waals surface area contributed by atoms with Gasteiger partial charge >= 0.3 is 0 Å². The minimum atomic E-state index is 0.987. The molecule has 87 valence electrons. The van der Waals surface area contributed by atoms with Crippen LogP contribution in [0.1, 0.15) is 71.6 Å². The number of hydrogen-bond acceptors (Lipinski definition) is 0. The van der Waals surface area contributed by atoms with Gasteiger partial charge in [-0.25, -0.2) is 0 Å². The SMILES string of the molecule is CCC1CCCC[C]1C1CCCCC1C. The number of rotatable bonds is 2. The maximum absolute atomic E-state index is 2.50. The van der Waals surface area contributed by atoms with Crippen LogP contribution < -0.4 is 0 Å². The Balaban J connectivity index is 1.99. The van der Waals surface area contributed by atoms with Crippen molar-refractivity contribution in [3.8, 4) is 0 Å². The van der Waals surface area contributed by atoms with Crippen LogP contribution >= 0.6 is 0 Å². The minimum absolute atomic E-state index is 0.987. The van der Waals surface area contributed by atoms with E-state index in [1.165, 1.54) is 57.8 Å². The first kappa shape index (κ1) is 11.5. The quantitative estimate of drug-likeness (QED) is 0.598. The molecule has 2 aliphatic rings. The van der Waals surface area contributed by atoms with Gasteiger partial charge in [0.05, 0.1) is 0 Å². The summed E-state index contributed by atoms with van der Waals surface area (Å²) in [5.74, 6) is 4.96. The minimum Gasteiger partial charge on any atom is -0.0651 e. The normalized spacial score (nSPS) is 39.2. The highest BCUT2D eigenvalue weighted by molar-refractivity contribution is 5.05. The molecule has 3 unspecified atom stereocenters. The second-order valence-electron chi connectivity index (χ2n) is 5.79. The molecule has 0 saturated heterocycles. The highest BCUT2D eigenvalue weighted by Crippen LogP contribution is 2.46. The van der Waals surface area contributed by atoms with E-state index in [0.29, 0.717) is 0 Å². The van der Waals surface area contributed by atoms with Gasteiger partial charge in [0, 0.05) is 0 Å². The summed E-state index contributed by atoms with van der Waals surface area (Å²) >= 11 is 0. The average Bonchev–Trinajstić information content (AvgIpc) is 2.30. The first-order chi connectivity index (χ1) is 7.33. The van der Waals surface area contributed by atoms with Gasteiger partial charge in [0.2, 0.25) is 0 Å². The summed E-state index contributed by atoms with van der Waals surface area (Å²) in [6.07, 6.45) is 13.3. The van der Waals surface area contributed by atoms with Gasteiger partial charge < -0.3 is 0 Å². The molecule has 0 aromatic heterocycles. The van der Waals surface area contributed by atoms with E-state index in [2.05, 4.69) is 13.8 Å². The van der Waals surface area contributed by atoms with Crippen LogP contribution in [0.5, 0.6) is 0 Å². The topological polar surface area (TPSA) is 0 Å². The van der Waals surface area contributed by atoms with Gasteiger partial charge in [0.25, 0.3) is 0 Å². The average molecular weight is 207 g/mol. The molecule has 0 bridgehead atoms. The molecule has 0 aromatic rings. The lowest BCUT2D eigenvalue weighted by molar-refractivity contribution is 0.205. The zero-order chi connectivity index (χ0) is 10.7. The lowest BCUT2D eigenvalue weighted by atomic mass is 9.64. The Morgan fingerprint density at radius 1 is 1.00 bits per heavy atom. The van der Waals surface area contributed by atoms with Crippen LogP contribution in [0.25, 0.3) is 0 Å². The second-order valence-corrected chi connectivity index (χ2v) is 5.79. The van der Waals surface area contributed by atoms with Gasteiger partial charge in [0.1, 0.15) is 0 Å². The third kappa shape index (κ3) is 2.57. The van der Waals surface area contributed by atoms with Crippen LogP contribution in [0.4, 0.5) is 0 Å². The monoisotopic (exact) mass is 207 g/mol. The van der Waals surface area contributed by atoms with Crippen molar-refractivity contribution >= 4 is 0 Å². The summed E-state index contributed by atoms with van der Waals surface area (Å²) in [4.78, 5) is 0. The second kappa shape index (κ2) is 5.37. The summed E-state index contributed by atoms with van der Waals surface area (Å²) < 4.78 is 0. The van der Waals surface area contributed by atoms with Crippen LogP contribution in [0.3, 0.4) is 0 Å². The van der Waals surface area contributed by atoms with E-state index in [-0.39, 0.29) is 0 Å². The first-order valence-corrected chi connectivity index (χ1v) is 7.18. The summed E-state index contributed by atoms with van der Waals surface area (Å²) in [5, 5.41) is 0. The Morgan fingerprint density at radius 3 is 2.47 bits per heavy atom. The molecule has 0 nitrogen and oxygen atoms in total. The predicted octanol–water partition coefficient (Wildman–Crippen LogP) is 4.99. The lowest BCUT2D eigenvalue weighted by Gasteiger charge is -2.41. The molecule has 0 N–H and O–H groups in total. The number of hydrogen-bond donors (Lipinski definition) is 0. The fraction of sp³-hybridized carbons (Fsp3) is 0.933. The van der Waals surface area contributed by atoms with Gasteiger partial charge in [-0.1, -0.05) is 52.4 Å². The summed E-state index contributed by atoms with van der Waals surface area (Å²) in [5.41, 5.74) is 0. The van der Waals surface area contributed by atoms with Crippen LogP contribution in [-0.4, -0.2) is 0 Å². The van der Waals surface area contributed by atoms with Crippen molar-refractivity contribution in [2.45, 2.75) is 71.6 Å². The molecule has 2 saturated carbocycles. The largest absolute Gasteiger partial charge is 0.0651 e. The zero-order valence-corrected chi connectivity index (χ0v) is 10.6. The van der Waals surface area contributed by atoms with E-state index in [9.17, 15) is 0 Å². The molecule has 0 aliphatic heterocycles.